The molecular formula is C14H23N3O. The maximum Gasteiger partial charge on any atom is 0.293 e. The molecule has 0 radical (unpaired) electrons. The van der Waals surface area contributed by atoms with Gasteiger partial charge in [-0.05, 0) is 24.2 Å². The third-order valence-electron chi connectivity index (χ3n) is 3.86. The minimum Gasteiger partial charge on any atom is -0.365 e. The van der Waals surface area contributed by atoms with Crippen LogP contribution < -0.4 is 10.9 Å². The second kappa shape index (κ2) is 4.75. The normalized spacial score (nSPS) is 17.6. The lowest BCUT2D eigenvalue weighted by Gasteiger charge is -2.27. The van der Waals surface area contributed by atoms with Gasteiger partial charge in [0.15, 0.2) is 5.82 Å². The van der Waals surface area contributed by atoms with Gasteiger partial charge in [-0.25, -0.2) is 4.98 Å². The summed E-state index contributed by atoms with van der Waals surface area (Å²) in [6, 6.07) is 0.404. The highest BCUT2D eigenvalue weighted by atomic mass is 16.1. The van der Waals surface area contributed by atoms with Crippen LogP contribution in [0.4, 0.5) is 5.82 Å². The average molecular weight is 249 g/mol. The summed E-state index contributed by atoms with van der Waals surface area (Å²) in [7, 11) is 0. The van der Waals surface area contributed by atoms with E-state index in [2.05, 4.69) is 38.0 Å². The fourth-order valence-electron chi connectivity index (χ4n) is 1.74. The molecule has 0 bridgehead atoms. The molecule has 4 heteroatoms. The molecule has 0 amide bonds. The summed E-state index contributed by atoms with van der Waals surface area (Å²) < 4.78 is 1.80. The summed E-state index contributed by atoms with van der Waals surface area (Å²) in [4.78, 5) is 16.3. The summed E-state index contributed by atoms with van der Waals surface area (Å²) in [6.07, 6.45) is 5.73. The number of aromatic nitrogens is 2. The Kier molecular flexibility index (Phi) is 3.46. The molecule has 0 aliphatic heterocycles. The van der Waals surface area contributed by atoms with Gasteiger partial charge in [0.25, 0.3) is 5.56 Å². The largest absolute Gasteiger partial charge is 0.365 e. The van der Waals surface area contributed by atoms with E-state index in [1.54, 1.807) is 17.0 Å². The van der Waals surface area contributed by atoms with Crippen LogP contribution in [0.15, 0.2) is 17.2 Å². The molecule has 1 N–H and O–H groups in total. The number of anilines is 1. The first-order valence-corrected chi connectivity index (χ1v) is 6.70. The van der Waals surface area contributed by atoms with Crippen molar-refractivity contribution in [1.82, 2.24) is 9.55 Å². The minimum atomic E-state index is 0.0149. The lowest BCUT2D eigenvalue weighted by atomic mass is 9.82. The van der Waals surface area contributed by atoms with E-state index >= 15 is 0 Å². The zero-order valence-electron chi connectivity index (χ0n) is 11.7. The Morgan fingerprint density at radius 1 is 1.50 bits per heavy atom. The summed E-state index contributed by atoms with van der Waals surface area (Å²) >= 11 is 0. The Morgan fingerprint density at radius 3 is 2.72 bits per heavy atom. The molecule has 100 valence electrons. The smallest absolute Gasteiger partial charge is 0.293 e. The van der Waals surface area contributed by atoms with E-state index < -0.39 is 0 Å². The fourth-order valence-corrected chi connectivity index (χ4v) is 1.74. The van der Waals surface area contributed by atoms with Crippen LogP contribution in [-0.2, 0) is 0 Å². The highest BCUT2D eigenvalue weighted by Gasteiger charge is 2.25. The number of nitrogens with one attached hydrogen (secondary N) is 1. The van der Waals surface area contributed by atoms with Crippen LogP contribution >= 0.6 is 0 Å². The molecule has 1 heterocycles. The lowest BCUT2D eigenvalue weighted by Crippen LogP contribution is -2.29. The maximum absolute atomic E-state index is 12.2. The number of hydrogen-bond acceptors (Lipinski definition) is 3. The highest BCUT2D eigenvalue weighted by molar-refractivity contribution is 5.31. The Labute approximate surface area is 108 Å². The van der Waals surface area contributed by atoms with Crippen molar-refractivity contribution < 1.29 is 0 Å². The lowest BCUT2D eigenvalue weighted by molar-refractivity contribution is 0.274. The van der Waals surface area contributed by atoms with E-state index in [-0.39, 0.29) is 11.0 Å². The van der Waals surface area contributed by atoms with Gasteiger partial charge in [0.2, 0.25) is 0 Å². The summed E-state index contributed by atoms with van der Waals surface area (Å²) in [5.41, 5.74) is 0.248. The molecular weight excluding hydrogens is 226 g/mol. The zero-order valence-corrected chi connectivity index (χ0v) is 11.7. The zero-order chi connectivity index (χ0) is 13.3. The molecule has 0 aromatic carbocycles. The quantitative estimate of drug-likeness (QED) is 0.892. The second-order valence-corrected chi connectivity index (χ2v) is 6.37. The van der Waals surface area contributed by atoms with Gasteiger partial charge in [-0.3, -0.25) is 4.79 Å². The van der Waals surface area contributed by atoms with Crippen molar-refractivity contribution in [2.75, 3.05) is 11.9 Å². The van der Waals surface area contributed by atoms with E-state index in [1.165, 1.54) is 0 Å². The van der Waals surface area contributed by atoms with E-state index in [9.17, 15) is 4.79 Å². The first kappa shape index (κ1) is 13.1. The van der Waals surface area contributed by atoms with Crippen LogP contribution in [0.3, 0.4) is 0 Å². The molecule has 1 aromatic heterocycles. The van der Waals surface area contributed by atoms with Crippen molar-refractivity contribution in [2.24, 2.45) is 11.3 Å². The van der Waals surface area contributed by atoms with Gasteiger partial charge in [0.1, 0.15) is 0 Å². The maximum atomic E-state index is 12.2. The van der Waals surface area contributed by atoms with Gasteiger partial charge in [-0.2, -0.15) is 0 Å². The molecule has 1 unspecified atom stereocenters. The Balaban J connectivity index is 2.06. The van der Waals surface area contributed by atoms with Crippen molar-refractivity contribution in [3.63, 3.8) is 0 Å². The molecule has 1 atom stereocenters. The van der Waals surface area contributed by atoms with Crippen molar-refractivity contribution in [2.45, 2.75) is 46.6 Å². The van der Waals surface area contributed by atoms with Gasteiger partial charge in [0.05, 0.1) is 0 Å². The molecule has 1 aliphatic rings. The molecule has 1 aromatic rings. The molecule has 4 nitrogen and oxygen atoms in total. The van der Waals surface area contributed by atoms with Gasteiger partial charge >= 0.3 is 0 Å². The van der Waals surface area contributed by atoms with Crippen LogP contribution in [0, 0.1) is 11.3 Å². The van der Waals surface area contributed by atoms with E-state index in [4.69, 9.17) is 0 Å². The number of rotatable bonds is 4. The molecule has 2 rings (SSSR count). The van der Waals surface area contributed by atoms with Crippen molar-refractivity contribution >= 4 is 5.82 Å². The van der Waals surface area contributed by atoms with Crippen LogP contribution in [-0.4, -0.2) is 16.1 Å². The van der Waals surface area contributed by atoms with Gasteiger partial charge < -0.3 is 9.88 Å². The third kappa shape index (κ3) is 2.92. The summed E-state index contributed by atoms with van der Waals surface area (Å²) in [6.45, 7) is 9.59. The topological polar surface area (TPSA) is 46.9 Å². The SMILES string of the molecule is CC(CNc1nccn(C2CC2)c1=O)C(C)(C)C. The first-order chi connectivity index (χ1) is 8.39. The highest BCUT2D eigenvalue weighted by Crippen LogP contribution is 2.33. The first-order valence-electron chi connectivity index (χ1n) is 6.70. The summed E-state index contributed by atoms with van der Waals surface area (Å²) in [5.74, 6) is 0.966. The monoisotopic (exact) mass is 249 g/mol. The van der Waals surface area contributed by atoms with Gasteiger partial charge in [0, 0.05) is 25.0 Å². The van der Waals surface area contributed by atoms with E-state index in [0.717, 1.165) is 19.4 Å². The fraction of sp³-hybridized carbons (Fsp3) is 0.714. The third-order valence-corrected chi connectivity index (χ3v) is 3.86. The van der Waals surface area contributed by atoms with Crippen LogP contribution in [0.25, 0.3) is 0 Å². The van der Waals surface area contributed by atoms with E-state index in [0.29, 0.717) is 17.8 Å². The van der Waals surface area contributed by atoms with Gasteiger partial charge in [-0.1, -0.05) is 27.7 Å². The Bertz CT molecular complexity index is 469. The Morgan fingerprint density at radius 2 is 2.17 bits per heavy atom. The predicted octanol–water partition coefficient (Wildman–Crippen LogP) is 2.67. The van der Waals surface area contributed by atoms with Gasteiger partial charge in [-0.15, -0.1) is 0 Å². The molecule has 0 saturated heterocycles. The molecule has 18 heavy (non-hydrogen) atoms. The van der Waals surface area contributed by atoms with Crippen LogP contribution in [0.1, 0.15) is 46.6 Å². The molecule has 1 fully saturated rings. The average Bonchev–Trinajstić information content (AvgIpc) is 3.10. The standard InChI is InChI=1S/C14H23N3O/c1-10(14(2,3)4)9-16-12-13(18)17(8-7-15-12)11-5-6-11/h7-8,10-11H,5-6,9H2,1-4H3,(H,15,16). The van der Waals surface area contributed by atoms with Crippen molar-refractivity contribution in [3.8, 4) is 0 Å². The van der Waals surface area contributed by atoms with Crippen LogP contribution in [0.2, 0.25) is 0 Å². The Hall–Kier alpha value is -1.32. The molecule has 1 saturated carbocycles. The number of hydrogen-bond donors (Lipinski definition) is 1. The van der Waals surface area contributed by atoms with Crippen molar-refractivity contribution in [3.05, 3.63) is 22.7 Å². The van der Waals surface area contributed by atoms with Crippen LogP contribution in [0.5, 0.6) is 0 Å². The molecule has 1 aliphatic carbocycles. The minimum absolute atomic E-state index is 0.0149. The van der Waals surface area contributed by atoms with E-state index in [1.807, 2.05) is 0 Å². The molecule has 0 spiro atoms. The number of nitrogens with zero attached hydrogens (tertiary/aromatic N) is 2. The second-order valence-electron chi connectivity index (χ2n) is 6.37. The van der Waals surface area contributed by atoms with Crippen molar-refractivity contribution in [1.29, 1.82) is 0 Å². The summed E-state index contributed by atoms with van der Waals surface area (Å²) in [5, 5.41) is 3.20. The predicted molar refractivity (Wildman–Crippen MR) is 73.9 cm³/mol.